The molecule has 3 heterocycles. The van der Waals surface area contributed by atoms with Gasteiger partial charge in [0.25, 0.3) is 0 Å². The SMILES string of the molecule is Cc1cc(NC(=O)N2CCO[C@H](c3ccnc(N(C)C)n3)C2)no1. The molecule has 0 saturated carbocycles. The van der Waals surface area contributed by atoms with Crippen LogP contribution in [0, 0.1) is 6.92 Å². The number of urea groups is 1. The van der Waals surface area contributed by atoms with Gasteiger partial charge in [-0.25, -0.2) is 14.8 Å². The monoisotopic (exact) mass is 332 g/mol. The Labute approximate surface area is 139 Å². The molecular weight excluding hydrogens is 312 g/mol. The molecule has 0 radical (unpaired) electrons. The summed E-state index contributed by atoms with van der Waals surface area (Å²) in [6.07, 6.45) is 1.41. The summed E-state index contributed by atoms with van der Waals surface area (Å²) in [6, 6.07) is 3.24. The van der Waals surface area contributed by atoms with Gasteiger partial charge < -0.3 is 19.1 Å². The zero-order chi connectivity index (χ0) is 17.1. The van der Waals surface area contributed by atoms with Crippen LogP contribution in [0.2, 0.25) is 0 Å². The number of hydrogen-bond acceptors (Lipinski definition) is 7. The largest absolute Gasteiger partial charge is 0.368 e. The average Bonchev–Trinajstić information content (AvgIpc) is 3.00. The standard InChI is InChI=1S/C15H20N6O3/c1-10-8-13(19-24-10)18-15(22)21-6-7-23-12(9-21)11-4-5-16-14(17-11)20(2)3/h4-5,8,12H,6-7,9H2,1-3H3,(H,18,19,22)/t12-/m0/s1. The number of aromatic nitrogens is 3. The smallest absolute Gasteiger partial charge is 0.323 e. The number of aryl methyl sites for hydroxylation is 1. The van der Waals surface area contributed by atoms with Gasteiger partial charge >= 0.3 is 6.03 Å². The van der Waals surface area contributed by atoms with Crippen molar-refractivity contribution in [1.82, 2.24) is 20.0 Å². The van der Waals surface area contributed by atoms with E-state index in [0.717, 1.165) is 5.69 Å². The van der Waals surface area contributed by atoms with E-state index < -0.39 is 0 Å². The summed E-state index contributed by atoms with van der Waals surface area (Å²) < 4.78 is 10.7. The number of rotatable bonds is 3. The number of ether oxygens (including phenoxy) is 1. The molecule has 24 heavy (non-hydrogen) atoms. The molecule has 0 unspecified atom stereocenters. The summed E-state index contributed by atoms with van der Waals surface area (Å²) in [6.45, 7) is 3.12. The minimum Gasteiger partial charge on any atom is -0.368 e. The number of hydrogen-bond donors (Lipinski definition) is 1. The van der Waals surface area contributed by atoms with Gasteiger partial charge in [0.1, 0.15) is 11.9 Å². The van der Waals surface area contributed by atoms with Crippen LogP contribution in [0.1, 0.15) is 17.6 Å². The fourth-order valence-corrected chi connectivity index (χ4v) is 2.38. The van der Waals surface area contributed by atoms with Gasteiger partial charge in [0, 0.05) is 32.9 Å². The van der Waals surface area contributed by atoms with Crippen molar-refractivity contribution in [2.24, 2.45) is 0 Å². The van der Waals surface area contributed by atoms with Crippen molar-refractivity contribution in [3.63, 3.8) is 0 Å². The molecule has 1 N–H and O–H groups in total. The van der Waals surface area contributed by atoms with Gasteiger partial charge in [-0.15, -0.1) is 0 Å². The highest BCUT2D eigenvalue weighted by molar-refractivity contribution is 5.88. The van der Waals surface area contributed by atoms with E-state index in [4.69, 9.17) is 9.26 Å². The number of morpholine rings is 1. The third-order valence-electron chi connectivity index (χ3n) is 3.61. The molecule has 1 atom stereocenters. The Kier molecular flexibility index (Phi) is 4.61. The fourth-order valence-electron chi connectivity index (χ4n) is 2.38. The van der Waals surface area contributed by atoms with Crippen molar-refractivity contribution in [2.45, 2.75) is 13.0 Å². The molecular formula is C15H20N6O3. The molecule has 0 aromatic carbocycles. The van der Waals surface area contributed by atoms with Gasteiger partial charge in [-0.2, -0.15) is 0 Å². The van der Waals surface area contributed by atoms with E-state index in [0.29, 0.717) is 37.2 Å². The van der Waals surface area contributed by atoms with Crippen LogP contribution >= 0.6 is 0 Å². The summed E-state index contributed by atoms with van der Waals surface area (Å²) in [4.78, 5) is 24.5. The van der Waals surface area contributed by atoms with Gasteiger partial charge in [-0.05, 0) is 13.0 Å². The minimum absolute atomic E-state index is 0.238. The van der Waals surface area contributed by atoms with E-state index in [1.165, 1.54) is 0 Å². The third-order valence-corrected chi connectivity index (χ3v) is 3.61. The molecule has 128 valence electrons. The molecule has 0 aliphatic carbocycles. The second kappa shape index (κ2) is 6.83. The second-order valence-electron chi connectivity index (χ2n) is 5.73. The maximum absolute atomic E-state index is 12.4. The van der Waals surface area contributed by atoms with Crippen molar-refractivity contribution < 1.29 is 14.1 Å². The summed E-state index contributed by atoms with van der Waals surface area (Å²) in [5, 5.41) is 6.49. The van der Waals surface area contributed by atoms with Crippen molar-refractivity contribution >= 4 is 17.8 Å². The highest BCUT2D eigenvalue weighted by atomic mass is 16.5. The first-order valence-electron chi connectivity index (χ1n) is 7.64. The Morgan fingerprint density at radius 2 is 2.29 bits per heavy atom. The molecule has 2 aromatic rings. The van der Waals surface area contributed by atoms with Crippen LogP contribution in [0.3, 0.4) is 0 Å². The maximum Gasteiger partial charge on any atom is 0.323 e. The summed E-state index contributed by atoms with van der Waals surface area (Å²) in [5.41, 5.74) is 0.753. The first-order valence-corrected chi connectivity index (χ1v) is 7.64. The van der Waals surface area contributed by atoms with Crippen molar-refractivity contribution in [2.75, 3.05) is 44.0 Å². The first-order chi connectivity index (χ1) is 11.5. The van der Waals surface area contributed by atoms with E-state index in [9.17, 15) is 4.79 Å². The van der Waals surface area contributed by atoms with Crippen LogP contribution in [0.4, 0.5) is 16.6 Å². The van der Waals surface area contributed by atoms with Gasteiger partial charge in [0.05, 0.1) is 18.8 Å². The van der Waals surface area contributed by atoms with Gasteiger partial charge in [-0.1, -0.05) is 5.16 Å². The van der Waals surface area contributed by atoms with Gasteiger partial charge in [0.15, 0.2) is 5.82 Å². The number of carbonyl (C=O) groups excluding carboxylic acids is 1. The quantitative estimate of drug-likeness (QED) is 0.908. The Morgan fingerprint density at radius 3 is 3.00 bits per heavy atom. The van der Waals surface area contributed by atoms with Crippen LogP contribution < -0.4 is 10.2 Å². The van der Waals surface area contributed by atoms with Crippen LogP contribution in [-0.2, 0) is 4.74 Å². The molecule has 0 spiro atoms. The predicted octanol–water partition coefficient (Wildman–Crippen LogP) is 1.44. The van der Waals surface area contributed by atoms with Crippen molar-refractivity contribution in [1.29, 1.82) is 0 Å². The number of carbonyl (C=O) groups is 1. The molecule has 0 bridgehead atoms. The lowest BCUT2D eigenvalue weighted by atomic mass is 10.2. The maximum atomic E-state index is 12.4. The van der Waals surface area contributed by atoms with E-state index >= 15 is 0 Å². The van der Waals surface area contributed by atoms with E-state index in [-0.39, 0.29) is 12.1 Å². The Morgan fingerprint density at radius 1 is 1.46 bits per heavy atom. The van der Waals surface area contributed by atoms with E-state index in [1.54, 1.807) is 30.2 Å². The van der Waals surface area contributed by atoms with Gasteiger partial charge in [0.2, 0.25) is 5.95 Å². The molecule has 1 fully saturated rings. The van der Waals surface area contributed by atoms with Crippen molar-refractivity contribution in [3.8, 4) is 0 Å². The number of nitrogens with one attached hydrogen (secondary N) is 1. The molecule has 1 aliphatic heterocycles. The lowest BCUT2D eigenvalue weighted by molar-refractivity contribution is -0.0157. The molecule has 9 nitrogen and oxygen atoms in total. The van der Waals surface area contributed by atoms with E-state index in [2.05, 4.69) is 20.4 Å². The van der Waals surface area contributed by atoms with Crippen LogP contribution in [0.15, 0.2) is 22.9 Å². The number of nitrogens with zero attached hydrogens (tertiary/aromatic N) is 5. The molecule has 2 amide bonds. The molecule has 2 aromatic heterocycles. The first kappa shape index (κ1) is 16.2. The second-order valence-corrected chi connectivity index (χ2v) is 5.73. The average molecular weight is 332 g/mol. The lowest BCUT2D eigenvalue weighted by Crippen LogP contribution is -2.44. The van der Waals surface area contributed by atoms with Gasteiger partial charge in [-0.3, -0.25) is 5.32 Å². The van der Waals surface area contributed by atoms with Crippen LogP contribution in [0.5, 0.6) is 0 Å². The van der Waals surface area contributed by atoms with E-state index in [1.807, 2.05) is 19.0 Å². The summed E-state index contributed by atoms with van der Waals surface area (Å²) in [7, 11) is 3.75. The fraction of sp³-hybridized carbons (Fsp3) is 0.467. The molecule has 1 aliphatic rings. The zero-order valence-corrected chi connectivity index (χ0v) is 13.9. The Hall–Kier alpha value is -2.68. The predicted molar refractivity (Wildman–Crippen MR) is 86.9 cm³/mol. The summed E-state index contributed by atoms with van der Waals surface area (Å²) in [5.74, 6) is 1.65. The molecule has 3 rings (SSSR count). The minimum atomic E-state index is -0.287. The summed E-state index contributed by atoms with van der Waals surface area (Å²) >= 11 is 0. The highest BCUT2D eigenvalue weighted by Gasteiger charge is 2.27. The highest BCUT2D eigenvalue weighted by Crippen LogP contribution is 2.22. The van der Waals surface area contributed by atoms with Crippen LogP contribution in [0.25, 0.3) is 0 Å². The number of anilines is 2. The normalized spacial score (nSPS) is 17.6. The molecule has 9 heteroatoms. The van der Waals surface area contributed by atoms with Crippen molar-refractivity contribution in [3.05, 3.63) is 29.8 Å². The Balaban J connectivity index is 1.67. The Bertz CT molecular complexity index is 717. The topological polar surface area (TPSA) is 96.6 Å². The molecule has 1 saturated heterocycles. The van der Waals surface area contributed by atoms with Crippen LogP contribution in [-0.4, -0.2) is 59.8 Å². The lowest BCUT2D eigenvalue weighted by Gasteiger charge is -2.32. The zero-order valence-electron chi connectivity index (χ0n) is 13.9. The number of amides is 2. The third kappa shape index (κ3) is 3.62.